The number of carbonyl (C=O) groups excluding carboxylic acids is 1. The maximum atomic E-state index is 12.3. The zero-order valence-electron chi connectivity index (χ0n) is 14.2. The van der Waals surface area contributed by atoms with Crippen LogP contribution in [0.1, 0.15) is 59.3 Å². The molecule has 1 aliphatic heterocycles. The largest absolute Gasteiger partial charge is 0.468 e. The normalized spacial score (nSPS) is 33.6. The minimum absolute atomic E-state index is 0.0774. The van der Waals surface area contributed by atoms with Crippen molar-refractivity contribution >= 4 is 5.97 Å². The van der Waals surface area contributed by atoms with Gasteiger partial charge in [-0.1, -0.05) is 20.8 Å². The molecule has 0 bridgehead atoms. The molecule has 1 aliphatic carbocycles. The van der Waals surface area contributed by atoms with E-state index in [0.29, 0.717) is 11.5 Å². The van der Waals surface area contributed by atoms with Crippen molar-refractivity contribution in [3.63, 3.8) is 0 Å². The van der Waals surface area contributed by atoms with E-state index in [2.05, 4.69) is 31.0 Å². The monoisotopic (exact) mass is 296 g/mol. The molecule has 0 spiro atoms. The Hall–Kier alpha value is -0.610. The molecule has 2 unspecified atom stereocenters. The van der Waals surface area contributed by atoms with Crippen LogP contribution in [0.4, 0.5) is 0 Å². The molecule has 2 fully saturated rings. The maximum absolute atomic E-state index is 12.3. The summed E-state index contributed by atoms with van der Waals surface area (Å²) in [5.74, 6) is -0.0774. The summed E-state index contributed by atoms with van der Waals surface area (Å²) >= 11 is 0. The third kappa shape index (κ3) is 3.78. The van der Waals surface area contributed by atoms with Crippen LogP contribution in [0, 0.1) is 5.41 Å². The SMILES string of the molecule is CCNC1(C(=O)OC)CCCC(N2CCC(C)(C)CC2)C1. The quantitative estimate of drug-likeness (QED) is 0.810. The third-order valence-corrected chi connectivity index (χ3v) is 5.48. The lowest BCUT2D eigenvalue weighted by atomic mass is 9.76. The molecule has 0 aromatic rings. The summed E-state index contributed by atoms with van der Waals surface area (Å²) in [6.07, 6.45) is 6.64. The number of hydrogen-bond donors (Lipinski definition) is 1. The van der Waals surface area contributed by atoms with Gasteiger partial charge in [-0.25, -0.2) is 0 Å². The Morgan fingerprint density at radius 2 is 1.95 bits per heavy atom. The number of ether oxygens (including phenoxy) is 1. The zero-order chi connectivity index (χ0) is 15.5. The molecule has 122 valence electrons. The number of nitrogens with zero attached hydrogens (tertiary/aromatic N) is 1. The smallest absolute Gasteiger partial charge is 0.326 e. The first-order chi connectivity index (χ1) is 9.92. The lowest BCUT2D eigenvalue weighted by molar-refractivity contribution is -0.151. The van der Waals surface area contributed by atoms with Crippen molar-refractivity contribution in [3.8, 4) is 0 Å². The number of hydrogen-bond acceptors (Lipinski definition) is 4. The molecule has 0 aromatic carbocycles. The van der Waals surface area contributed by atoms with E-state index in [1.54, 1.807) is 0 Å². The van der Waals surface area contributed by atoms with Crippen molar-refractivity contribution in [2.24, 2.45) is 5.41 Å². The van der Waals surface area contributed by atoms with E-state index in [4.69, 9.17) is 4.74 Å². The van der Waals surface area contributed by atoms with Crippen molar-refractivity contribution < 1.29 is 9.53 Å². The van der Waals surface area contributed by atoms with Crippen molar-refractivity contribution in [1.29, 1.82) is 0 Å². The van der Waals surface area contributed by atoms with Gasteiger partial charge in [0.25, 0.3) is 0 Å². The number of nitrogens with one attached hydrogen (secondary N) is 1. The van der Waals surface area contributed by atoms with Crippen LogP contribution in [0.3, 0.4) is 0 Å². The molecule has 1 N–H and O–H groups in total. The molecule has 1 heterocycles. The van der Waals surface area contributed by atoms with Crippen LogP contribution in [0.5, 0.6) is 0 Å². The van der Waals surface area contributed by atoms with Gasteiger partial charge in [0.1, 0.15) is 5.54 Å². The van der Waals surface area contributed by atoms with Crippen molar-refractivity contribution in [2.45, 2.75) is 70.9 Å². The molecule has 0 radical (unpaired) electrons. The molecule has 0 aromatic heterocycles. The van der Waals surface area contributed by atoms with Gasteiger partial charge in [0.05, 0.1) is 7.11 Å². The number of piperidine rings is 1. The Bertz CT molecular complexity index is 356. The standard InChI is InChI=1S/C17H32N2O2/c1-5-18-17(15(20)21-4)8-6-7-14(13-17)19-11-9-16(2,3)10-12-19/h14,18H,5-13H2,1-4H3. The molecule has 4 nitrogen and oxygen atoms in total. The van der Waals surface area contributed by atoms with Crippen molar-refractivity contribution in [3.05, 3.63) is 0 Å². The highest BCUT2D eigenvalue weighted by molar-refractivity contribution is 5.81. The van der Waals surface area contributed by atoms with Gasteiger partial charge in [-0.2, -0.15) is 0 Å². The molecular weight excluding hydrogens is 264 g/mol. The molecule has 2 rings (SSSR count). The summed E-state index contributed by atoms with van der Waals surface area (Å²) < 4.78 is 5.09. The van der Waals surface area contributed by atoms with E-state index < -0.39 is 5.54 Å². The van der Waals surface area contributed by atoms with E-state index >= 15 is 0 Å². The Kier molecular flexibility index (Phi) is 5.31. The summed E-state index contributed by atoms with van der Waals surface area (Å²) in [6.45, 7) is 9.94. The van der Waals surface area contributed by atoms with Crippen LogP contribution < -0.4 is 5.32 Å². The molecule has 2 atom stereocenters. The van der Waals surface area contributed by atoms with Crippen LogP contribution >= 0.6 is 0 Å². The second-order valence-corrected chi connectivity index (χ2v) is 7.55. The van der Waals surface area contributed by atoms with Gasteiger partial charge < -0.3 is 15.0 Å². The van der Waals surface area contributed by atoms with Gasteiger partial charge in [-0.05, 0) is 63.6 Å². The Morgan fingerprint density at radius 3 is 2.52 bits per heavy atom. The van der Waals surface area contributed by atoms with Crippen LogP contribution in [0.25, 0.3) is 0 Å². The number of methoxy groups -OCH3 is 1. The first kappa shape index (κ1) is 16.8. The number of carbonyl (C=O) groups is 1. The summed E-state index contributed by atoms with van der Waals surface area (Å²) in [5.41, 5.74) is 0.0195. The van der Waals surface area contributed by atoms with Crippen LogP contribution in [0.15, 0.2) is 0 Å². The molecule has 1 saturated carbocycles. The van der Waals surface area contributed by atoms with Crippen LogP contribution in [-0.2, 0) is 9.53 Å². The predicted molar refractivity (Wildman–Crippen MR) is 85.3 cm³/mol. The lowest BCUT2D eigenvalue weighted by Gasteiger charge is -2.46. The summed E-state index contributed by atoms with van der Waals surface area (Å²) in [4.78, 5) is 14.9. The molecule has 1 saturated heterocycles. The van der Waals surface area contributed by atoms with Crippen molar-refractivity contribution in [1.82, 2.24) is 10.2 Å². The average Bonchev–Trinajstić information content (AvgIpc) is 2.47. The number of rotatable bonds is 4. The summed E-state index contributed by atoms with van der Waals surface area (Å²) in [7, 11) is 1.51. The van der Waals surface area contributed by atoms with Gasteiger partial charge in [-0.15, -0.1) is 0 Å². The number of likely N-dealkylation sites (N-methyl/N-ethyl adjacent to an activating group) is 1. The second-order valence-electron chi connectivity index (χ2n) is 7.55. The molecule has 2 aliphatic rings. The van der Waals surface area contributed by atoms with Crippen LogP contribution in [0.2, 0.25) is 0 Å². The zero-order valence-corrected chi connectivity index (χ0v) is 14.2. The van der Waals surface area contributed by atoms with Crippen LogP contribution in [-0.4, -0.2) is 49.2 Å². The highest BCUT2D eigenvalue weighted by atomic mass is 16.5. The van der Waals surface area contributed by atoms with Crippen molar-refractivity contribution in [2.75, 3.05) is 26.7 Å². The van der Waals surface area contributed by atoms with Gasteiger partial charge in [0.15, 0.2) is 0 Å². The third-order valence-electron chi connectivity index (χ3n) is 5.48. The highest BCUT2D eigenvalue weighted by Gasteiger charge is 2.45. The second kappa shape index (κ2) is 6.66. The summed E-state index contributed by atoms with van der Waals surface area (Å²) in [6, 6.07) is 0.521. The molecule has 0 amide bonds. The molecule has 4 heteroatoms. The van der Waals surface area contributed by atoms with E-state index in [1.807, 2.05) is 0 Å². The fourth-order valence-electron chi connectivity index (χ4n) is 4.00. The summed E-state index contributed by atoms with van der Waals surface area (Å²) in [5, 5.41) is 3.43. The van der Waals surface area contributed by atoms with Gasteiger partial charge >= 0.3 is 5.97 Å². The Balaban J connectivity index is 2.03. The predicted octanol–water partition coefficient (Wildman–Crippen LogP) is 2.57. The fraction of sp³-hybridized carbons (Fsp3) is 0.941. The van der Waals surface area contributed by atoms with Gasteiger partial charge in [0, 0.05) is 6.04 Å². The van der Waals surface area contributed by atoms with E-state index in [-0.39, 0.29) is 5.97 Å². The number of likely N-dealkylation sites (tertiary alicyclic amines) is 1. The topological polar surface area (TPSA) is 41.6 Å². The highest BCUT2D eigenvalue weighted by Crippen LogP contribution is 2.36. The Labute approximate surface area is 129 Å². The molecule has 21 heavy (non-hydrogen) atoms. The first-order valence-corrected chi connectivity index (χ1v) is 8.50. The fourth-order valence-corrected chi connectivity index (χ4v) is 4.00. The van der Waals surface area contributed by atoms with E-state index in [9.17, 15) is 4.79 Å². The molecular formula is C17H32N2O2. The number of esters is 1. The lowest BCUT2D eigenvalue weighted by Crippen LogP contribution is -2.59. The Morgan fingerprint density at radius 1 is 1.29 bits per heavy atom. The van der Waals surface area contributed by atoms with E-state index in [1.165, 1.54) is 39.5 Å². The minimum atomic E-state index is -0.459. The maximum Gasteiger partial charge on any atom is 0.326 e. The van der Waals surface area contributed by atoms with Gasteiger partial charge in [-0.3, -0.25) is 4.79 Å². The van der Waals surface area contributed by atoms with E-state index in [0.717, 1.165) is 25.8 Å². The first-order valence-electron chi connectivity index (χ1n) is 8.50. The van der Waals surface area contributed by atoms with Gasteiger partial charge in [0.2, 0.25) is 0 Å². The minimum Gasteiger partial charge on any atom is -0.468 e. The average molecular weight is 296 g/mol.